The van der Waals surface area contributed by atoms with Crippen LogP contribution in [0.25, 0.3) is 10.9 Å². The molecule has 0 saturated carbocycles. The molecule has 0 aliphatic heterocycles. The SMILES string of the molecule is COc1ccc(C(CNC(=O)COc2coc(C)cc2=O)c2c[nH]c3ccccc23)cc1. The minimum Gasteiger partial charge on any atom is -0.497 e. The molecule has 4 rings (SSSR count). The lowest BCUT2D eigenvalue weighted by Gasteiger charge is -2.19. The smallest absolute Gasteiger partial charge is 0.257 e. The zero-order chi connectivity index (χ0) is 22.5. The van der Waals surface area contributed by atoms with Crippen LogP contribution in [0.2, 0.25) is 0 Å². The van der Waals surface area contributed by atoms with Crippen molar-refractivity contribution < 1.29 is 18.7 Å². The van der Waals surface area contributed by atoms with Gasteiger partial charge in [-0.05, 0) is 36.2 Å². The first kappa shape index (κ1) is 21.2. The molecule has 0 fully saturated rings. The van der Waals surface area contributed by atoms with Crippen molar-refractivity contribution in [2.24, 2.45) is 0 Å². The second kappa shape index (κ2) is 9.43. The average Bonchev–Trinajstić information content (AvgIpc) is 3.23. The van der Waals surface area contributed by atoms with Crippen LogP contribution in [0.15, 0.2) is 76.3 Å². The van der Waals surface area contributed by atoms with E-state index in [1.54, 1.807) is 14.0 Å². The van der Waals surface area contributed by atoms with Gasteiger partial charge in [-0.25, -0.2) is 0 Å². The molecular weight excluding hydrogens is 408 g/mol. The third kappa shape index (κ3) is 4.67. The first-order valence-electron chi connectivity index (χ1n) is 10.2. The molecule has 0 saturated heterocycles. The van der Waals surface area contributed by atoms with Crippen molar-refractivity contribution in [2.75, 3.05) is 20.3 Å². The molecule has 2 aromatic carbocycles. The Balaban J connectivity index is 1.51. The van der Waals surface area contributed by atoms with E-state index in [0.29, 0.717) is 12.3 Å². The Hall–Kier alpha value is -4.00. The number of benzene rings is 2. The van der Waals surface area contributed by atoms with E-state index in [1.165, 1.54) is 12.3 Å². The number of para-hydroxylation sites is 1. The van der Waals surface area contributed by atoms with E-state index in [0.717, 1.165) is 27.8 Å². The topological polar surface area (TPSA) is 93.6 Å². The van der Waals surface area contributed by atoms with Crippen molar-refractivity contribution >= 4 is 16.8 Å². The standard InChI is InChI=1S/C25H24N2O5/c1-16-11-23(28)24(14-31-16)32-15-25(29)27-12-20(17-7-9-18(30-2)10-8-17)21-13-26-22-6-4-3-5-19(21)22/h3-11,13-14,20,26H,12,15H2,1-2H3,(H,27,29). The Bertz CT molecular complexity index is 1270. The number of ether oxygens (including phenoxy) is 2. The normalized spacial score (nSPS) is 11.8. The van der Waals surface area contributed by atoms with Gasteiger partial charge in [0.25, 0.3) is 5.91 Å². The van der Waals surface area contributed by atoms with E-state index in [2.05, 4.69) is 16.4 Å². The second-order valence-corrected chi connectivity index (χ2v) is 7.43. The molecule has 7 nitrogen and oxygen atoms in total. The molecule has 2 heterocycles. The fraction of sp³-hybridized carbons (Fsp3) is 0.200. The molecule has 1 amide bonds. The predicted octanol–water partition coefficient (Wildman–Crippen LogP) is 3.77. The number of aryl methyl sites for hydroxylation is 1. The van der Waals surface area contributed by atoms with Crippen molar-refractivity contribution in [1.82, 2.24) is 10.3 Å². The molecule has 0 aliphatic carbocycles. The number of methoxy groups -OCH3 is 1. The summed E-state index contributed by atoms with van der Waals surface area (Å²) in [5, 5.41) is 4.02. The van der Waals surface area contributed by atoms with Gasteiger partial charge in [0.1, 0.15) is 17.8 Å². The summed E-state index contributed by atoms with van der Waals surface area (Å²) in [5.41, 5.74) is 2.82. The van der Waals surface area contributed by atoms with Crippen LogP contribution >= 0.6 is 0 Å². The lowest BCUT2D eigenvalue weighted by atomic mass is 9.91. The summed E-state index contributed by atoms with van der Waals surface area (Å²) < 4.78 is 15.8. The monoisotopic (exact) mass is 432 g/mol. The van der Waals surface area contributed by atoms with Gasteiger partial charge in [-0.3, -0.25) is 9.59 Å². The van der Waals surface area contributed by atoms with E-state index in [9.17, 15) is 9.59 Å². The van der Waals surface area contributed by atoms with Crippen molar-refractivity contribution in [1.29, 1.82) is 0 Å². The summed E-state index contributed by atoms with van der Waals surface area (Å²) >= 11 is 0. The van der Waals surface area contributed by atoms with Crippen LogP contribution in [0, 0.1) is 6.92 Å². The van der Waals surface area contributed by atoms with Crippen molar-refractivity contribution in [3.05, 3.63) is 94.2 Å². The van der Waals surface area contributed by atoms with Crippen LogP contribution < -0.4 is 20.2 Å². The Kier molecular flexibility index (Phi) is 6.26. The molecule has 1 atom stereocenters. The van der Waals surface area contributed by atoms with Crippen molar-refractivity contribution in [3.8, 4) is 11.5 Å². The molecule has 0 aliphatic rings. The number of amides is 1. The average molecular weight is 432 g/mol. The van der Waals surface area contributed by atoms with E-state index in [-0.39, 0.29) is 29.6 Å². The summed E-state index contributed by atoms with van der Waals surface area (Å²) in [5.74, 6) is 0.830. The lowest BCUT2D eigenvalue weighted by molar-refractivity contribution is -0.123. The number of H-pyrrole nitrogens is 1. The van der Waals surface area contributed by atoms with Gasteiger partial charge in [0.15, 0.2) is 6.61 Å². The highest BCUT2D eigenvalue weighted by Gasteiger charge is 2.19. The number of hydrogen-bond donors (Lipinski definition) is 2. The highest BCUT2D eigenvalue weighted by atomic mass is 16.5. The fourth-order valence-electron chi connectivity index (χ4n) is 3.64. The van der Waals surface area contributed by atoms with E-state index in [1.807, 2.05) is 48.7 Å². The fourth-order valence-corrected chi connectivity index (χ4v) is 3.64. The number of rotatable bonds is 8. The van der Waals surface area contributed by atoms with Crippen LogP contribution in [0.3, 0.4) is 0 Å². The van der Waals surface area contributed by atoms with Gasteiger partial charge in [-0.1, -0.05) is 30.3 Å². The van der Waals surface area contributed by atoms with Gasteiger partial charge in [-0.2, -0.15) is 0 Å². The highest BCUT2D eigenvalue weighted by molar-refractivity contribution is 5.84. The van der Waals surface area contributed by atoms with Gasteiger partial charge >= 0.3 is 0 Å². The molecule has 4 aromatic rings. The van der Waals surface area contributed by atoms with E-state index < -0.39 is 0 Å². The molecule has 164 valence electrons. The summed E-state index contributed by atoms with van der Waals surface area (Å²) in [4.78, 5) is 27.7. The molecular formula is C25H24N2O5. The molecule has 7 heteroatoms. The number of carbonyl (C=O) groups excluding carboxylic acids is 1. The Labute approximate surface area is 185 Å². The summed E-state index contributed by atoms with van der Waals surface area (Å²) in [7, 11) is 1.63. The second-order valence-electron chi connectivity index (χ2n) is 7.43. The molecule has 32 heavy (non-hydrogen) atoms. The first-order valence-corrected chi connectivity index (χ1v) is 10.2. The molecule has 1 unspecified atom stereocenters. The summed E-state index contributed by atoms with van der Waals surface area (Å²) in [6.07, 6.45) is 3.19. The Morgan fingerprint density at radius 2 is 1.94 bits per heavy atom. The third-order valence-electron chi connectivity index (χ3n) is 5.31. The van der Waals surface area contributed by atoms with E-state index in [4.69, 9.17) is 13.9 Å². The van der Waals surface area contributed by atoms with Crippen LogP contribution in [-0.2, 0) is 4.79 Å². The molecule has 2 aromatic heterocycles. The lowest BCUT2D eigenvalue weighted by Crippen LogP contribution is -2.33. The summed E-state index contributed by atoms with van der Waals surface area (Å²) in [6, 6.07) is 17.2. The number of aromatic nitrogens is 1. The molecule has 0 bridgehead atoms. The molecule has 0 radical (unpaired) electrons. The predicted molar refractivity (Wildman–Crippen MR) is 121 cm³/mol. The largest absolute Gasteiger partial charge is 0.497 e. The van der Waals surface area contributed by atoms with Crippen LogP contribution in [0.4, 0.5) is 0 Å². The van der Waals surface area contributed by atoms with Gasteiger partial charge in [0.05, 0.1) is 7.11 Å². The zero-order valence-corrected chi connectivity index (χ0v) is 17.9. The van der Waals surface area contributed by atoms with Crippen LogP contribution in [0.1, 0.15) is 22.8 Å². The van der Waals surface area contributed by atoms with Crippen LogP contribution in [0.5, 0.6) is 11.5 Å². The van der Waals surface area contributed by atoms with E-state index >= 15 is 0 Å². The number of carbonyl (C=O) groups is 1. The van der Waals surface area contributed by atoms with Gasteiger partial charge in [0, 0.05) is 35.6 Å². The van der Waals surface area contributed by atoms with Crippen molar-refractivity contribution in [2.45, 2.75) is 12.8 Å². The maximum absolute atomic E-state index is 12.5. The number of fused-ring (bicyclic) bond motifs is 1. The minimum absolute atomic E-state index is 0.00841. The molecule has 2 N–H and O–H groups in total. The first-order chi connectivity index (χ1) is 15.5. The van der Waals surface area contributed by atoms with Gasteiger partial charge in [-0.15, -0.1) is 0 Å². The van der Waals surface area contributed by atoms with Gasteiger partial charge in [0.2, 0.25) is 11.2 Å². The quantitative estimate of drug-likeness (QED) is 0.442. The highest BCUT2D eigenvalue weighted by Crippen LogP contribution is 2.31. The van der Waals surface area contributed by atoms with Gasteiger partial charge < -0.3 is 24.2 Å². The molecule has 0 spiro atoms. The Morgan fingerprint density at radius 3 is 2.69 bits per heavy atom. The minimum atomic E-state index is -0.330. The van der Waals surface area contributed by atoms with Crippen LogP contribution in [-0.4, -0.2) is 31.2 Å². The number of aromatic amines is 1. The van der Waals surface area contributed by atoms with Crippen molar-refractivity contribution in [3.63, 3.8) is 0 Å². The third-order valence-corrected chi connectivity index (χ3v) is 5.31. The zero-order valence-electron chi connectivity index (χ0n) is 17.9. The number of nitrogens with one attached hydrogen (secondary N) is 2. The number of hydrogen-bond acceptors (Lipinski definition) is 5. The maximum Gasteiger partial charge on any atom is 0.257 e. The Morgan fingerprint density at radius 1 is 1.16 bits per heavy atom. The maximum atomic E-state index is 12.5. The summed E-state index contributed by atoms with van der Waals surface area (Å²) in [6.45, 7) is 1.75.